The number of alkyl halides is 1. The molecule has 0 fully saturated rings. The third-order valence-corrected chi connectivity index (χ3v) is 7.08. The number of halogens is 3. The summed E-state index contributed by atoms with van der Waals surface area (Å²) in [5.41, 5.74) is 0.231. The first-order chi connectivity index (χ1) is 10.5. The molecular formula is C16H22F2INO2S. The molecule has 1 aromatic carbocycles. The first kappa shape index (κ1) is 19.2. The van der Waals surface area contributed by atoms with Crippen molar-refractivity contribution in [2.45, 2.75) is 57.4 Å². The standard InChI is InChI=1S/C16H22F2INO2S/c1-9(20-23(21)15(2,3)4)10-6-12(17)13(18)11-7-16(5,8-19)22-14(10)11/h6,9,20H,7-8H2,1-5H3/t9-,16?,23?/m1/s1. The first-order valence-corrected chi connectivity index (χ1v) is 10.1. The van der Waals surface area contributed by atoms with Gasteiger partial charge in [-0.2, -0.15) is 0 Å². The molecule has 0 aromatic heterocycles. The van der Waals surface area contributed by atoms with Gasteiger partial charge in [-0.1, -0.05) is 22.6 Å². The highest BCUT2D eigenvalue weighted by Crippen LogP contribution is 2.43. The minimum atomic E-state index is -1.32. The Hall–Kier alpha value is -0.120. The summed E-state index contributed by atoms with van der Waals surface area (Å²) in [6.45, 7) is 9.21. The van der Waals surface area contributed by atoms with Gasteiger partial charge in [-0.15, -0.1) is 4.72 Å². The topological polar surface area (TPSA) is 44.3 Å². The molecule has 0 saturated carbocycles. The van der Waals surface area contributed by atoms with E-state index in [9.17, 15) is 13.3 Å². The van der Waals surface area contributed by atoms with Crippen LogP contribution in [0.3, 0.4) is 0 Å². The number of fused-ring (bicyclic) bond motifs is 1. The van der Waals surface area contributed by atoms with Gasteiger partial charge in [0.05, 0.1) is 6.04 Å². The normalized spacial score (nSPS) is 23.3. The predicted molar refractivity (Wildman–Crippen MR) is 97.4 cm³/mol. The summed E-state index contributed by atoms with van der Waals surface area (Å²) in [5, 5.41) is 0. The number of nitrogens with one attached hydrogen (secondary N) is 1. The van der Waals surface area contributed by atoms with Crippen LogP contribution in [-0.2, 0) is 17.8 Å². The van der Waals surface area contributed by atoms with Crippen LogP contribution in [0.5, 0.6) is 5.75 Å². The van der Waals surface area contributed by atoms with Crippen LogP contribution in [0.15, 0.2) is 6.07 Å². The summed E-state index contributed by atoms with van der Waals surface area (Å²) < 4.78 is 49.5. The van der Waals surface area contributed by atoms with Gasteiger partial charge in [0.25, 0.3) is 0 Å². The van der Waals surface area contributed by atoms with Gasteiger partial charge in [0.15, 0.2) is 11.6 Å². The molecule has 2 rings (SSSR count). The zero-order chi connectivity index (χ0) is 17.6. The van der Waals surface area contributed by atoms with Crippen LogP contribution < -0.4 is 9.46 Å². The molecule has 1 heterocycles. The van der Waals surface area contributed by atoms with Crippen molar-refractivity contribution in [3.63, 3.8) is 0 Å². The van der Waals surface area contributed by atoms with E-state index in [4.69, 9.17) is 4.74 Å². The maximum Gasteiger partial charge on any atom is 0.165 e. The van der Waals surface area contributed by atoms with Crippen LogP contribution in [0, 0.1) is 11.6 Å². The molecule has 0 bridgehead atoms. The van der Waals surface area contributed by atoms with E-state index in [0.717, 1.165) is 6.07 Å². The van der Waals surface area contributed by atoms with E-state index in [2.05, 4.69) is 27.3 Å². The maximum absolute atomic E-state index is 14.1. The molecule has 0 radical (unpaired) electrons. The smallest absolute Gasteiger partial charge is 0.165 e. The molecule has 1 aliphatic rings. The van der Waals surface area contributed by atoms with Gasteiger partial charge in [-0.05, 0) is 40.7 Å². The van der Waals surface area contributed by atoms with Crippen molar-refractivity contribution in [2.75, 3.05) is 4.43 Å². The highest BCUT2D eigenvalue weighted by Gasteiger charge is 2.40. The minimum Gasteiger partial charge on any atom is -0.598 e. The lowest BCUT2D eigenvalue weighted by Gasteiger charge is -2.27. The van der Waals surface area contributed by atoms with Crippen molar-refractivity contribution in [1.29, 1.82) is 0 Å². The van der Waals surface area contributed by atoms with Crippen molar-refractivity contribution >= 4 is 34.0 Å². The second kappa shape index (κ2) is 6.65. The van der Waals surface area contributed by atoms with E-state index in [0.29, 0.717) is 22.2 Å². The molecule has 23 heavy (non-hydrogen) atoms. The second-order valence-electron chi connectivity index (χ2n) is 7.15. The second-order valence-corrected chi connectivity index (χ2v) is 9.91. The molecule has 130 valence electrons. The number of hydrogen-bond acceptors (Lipinski definition) is 3. The van der Waals surface area contributed by atoms with Gasteiger partial charge in [-0.3, -0.25) is 0 Å². The predicted octanol–water partition coefficient (Wildman–Crippen LogP) is 4.21. The third-order valence-electron chi connectivity index (χ3n) is 3.78. The summed E-state index contributed by atoms with van der Waals surface area (Å²) in [6, 6.07) is 0.723. The Balaban J connectivity index is 2.38. The largest absolute Gasteiger partial charge is 0.598 e. The highest BCUT2D eigenvalue weighted by molar-refractivity contribution is 14.1. The van der Waals surface area contributed by atoms with E-state index in [1.807, 2.05) is 27.7 Å². The van der Waals surface area contributed by atoms with Gasteiger partial charge >= 0.3 is 0 Å². The molecule has 2 unspecified atom stereocenters. The van der Waals surface area contributed by atoms with Crippen LogP contribution >= 0.6 is 22.6 Å². The van der Waals surface area contributed by atoms with Gasteiger partial charge in [0.2, 0.25) is 0 Å². The van der Waals surface area contributed by atoms with Gasteiger partial charge in [-0.25, -0.2) is 8.78 Å². The molecule has 3 atom stereocenters. The summed E-state index contributed by atoms with van der Waals surface area (Å²) in [6.07, 6.45) is 0.330. The molecule has 1 N–H and O–H groups in total. The molecular weight excluding hydrogens is 435 g/mol. The summed E-state index contributed by atoms with van der Waals surface area (Å²) in [7, 11) is 0. The Morgan fingerprint density at radius 3 is 2.61 bits per heavy atom. The average Bonchev–Trinajstić information content (AvgIpc) is 2.80. The Morgan fingerprint density at radius 1 is 1.48 bits per heavy atom. The van der Waals surface area contributed by atoms with E-state index in [-0.39, 0.29) is 5.56 Å². The van der Waals surface area contributed by atoms with Crippen LogP contribution in [0.4, 0.5) is 8.78 Å². The van der Waals surface area contributed by atoms with Crippen molar-refractivity contribution in [2.24, 2.45) is 0 Å². The lowest BCUT2D eigenvalue weighted by molar-refractivity contribution is 0.145. The number of hydrogen-bond donors (Lipinski definition) is 1. The van der Waals surface area contributed by atoms with Crippen LogP contribution in [0.25, 0.3) is 0 Å². The van der Waals surface area contributed by atoms with Gasteiger partial charge in [0.1, 0.15) is 16.1 Å². The van der Waals surface area contributed by atoms with Crippen molar-refractivity contribution in [3.05, 3.63) is 28.8 Å². The molecule has 0 saturated heterocycles. The molecule has 7 heteroatoms. The average molecular weight is 457 g/mol. The number of ether oxygens (including phenoxy) is 1. The van der Waals surface area contributed by atoms with E-state index in [1.54, 1.807) is 6.92 Å². The van der Waals surface area contributed by atoms with Crippen molar-refractivity contribution in [3.8, 4) is 5.75 Å². The zero-order valence-electron chi connectivity index (χ0n) is 13.9. The van der Waals surface area contributed by atoms with Crippen molar-refractivity contribution in [1.82, 2.24) is 4.72 Å². The Morgan fingerprint density at radius 2 is 2.09 bits per heavy atom. The van der Waals surface area contributed by atoms with Crippen molar-refractivity contribution < 1.29 is 18.1 Å². The first-order valence-electron chi connectivity index (χ1n) is 7.42. The van der Waals surface area contributed by atoms with Crippen LogP contribution in [0.2, 0.25) is 0 Å². The highest BCUT2D eigenvalue weighted by atomic mass is 127. The van der Waals surface area contributed by atoms with Gasteiger partial charge in [0, 0.05) is 33.3 Å². The summed E-state index contributed by atoms with van der Waals surface area (Å²) >= 11 is 0.858. The van der Waals surface area contributed by atoms with Crippen LogP contribution in [-0.4, -0.2) is 19.3 Å². The van der Waals surface area contributed by atoms with E-state index < -0.39 is 39.4 Å². The maximum atomic E-state index is 14.1. The molecule has 1 aliphatic heterocycles. The lowest BCUT2D eigenvalue weighted by Crippen LogP contribution is -2.40. The molecule has 0 spiro atoms. The summed E-state index contributed by atoms with van der Waals surface area (Å²) in [5.74, 6) is -1.36. The molecule has 0 amide bonds. The number of benzene rings is 1. The zero-order valence-corrected chi connectivity index (χ0v) is 16.9. The SMILES string of the molecule is C[C@@H](N[S+]([O-])C(C)(C)C)c1cc(F)c(F)c2c1OC(C)(CI)C2. The quantitative estimate of drug-likeness (QED) is 0.419. The summed E-state index contributed by atoms with van der Waals surface area (Å²) in [4.78, 5) is 0. The fourth-order valence-electron chi connectivity index (χ4n) is 2.42. The molecule has 0 aliphatic carbocycles. The monoisotopic (exact) mass is 457 g/mol. The van der Waals surface area contributed by atoms with E-state index >= 15 is 0 Å². The third kappa shape index (κ3) is 3.93. The molecule has 1 aromatic rings. The Labute approximate surface area is 153 Å². The number of rotatable bonds is 4. The van der Waals surface area contributed by atoms with Gasteiger partial charge < -0.3 is 9.29 Å². The van der Waals surface area contributed by atoms with E-state index in [1.165, 1.54) is 0 Å². The fraction of sp³-hybridized carbons (Fsp3) is 0.625. The fourth-order valence-corrected chi connectivity index (χ4v) is 3.64. The molecule has 3 nitrogen and oxygen atoms in total. The Bertz CT molecular complexity index is 609. The Kier molecular flexibility index (Phi) is 5.55. The van der Waals surface area contributed by atoms with Crippen LogP contribution in [0.1, 0.15) is 51.8 Å². The lowest BCUT2D eigenvalue weighted by atomic mass is 9.98. The minimum absolute atomic E-state index is 0.273.